The van der Waals surface area contributed by atoms with E-state index in [9.17, 15) is 14.4 Å². The molecule has 2 N–H and O–H groups in total. The maximum absolute atomic E-state index is 13.4. The van der Waals surface area contributed by atoms with Crippen molar-refractivity contribution in [1.29, 1.82) is 0 Å². The van der Waals surface area contributed by atoms with Gasteiger partial charge in [0.1, 0.15) is 11.4 Å². The fourth-order valence-corrected chi connectivity index (χ4v) is 3.54. The smallest absolute Gasteiger partial charge is 0.278 e. The molecule has 33 heavy (non-hydrogen) atoms. The summed E-state index contributed by atoms with van der Waals surface area (Å²) < 4.78 is 5.26. The maximum Gasteiger partial charge on any atom is 0.278 e. The first-order valence-corrected chi connectivity index (χ1v) is 10.2. The van der Waals surface area contributed by atoms with Gasteiger partial charge in [0, 0.05) is 36.8 Å². The summed E-state index contributed by atoms with van der Waals surface area (Å²) in [7, 11) is 1.56. The van der Waals surface area contributed by atoms with Gasteiger partial charge in [0.05, 0.1) is 19.2 Å². The third-order valence-corrected chi connectivity index (χ3v) is 5.09. The van der Waals surface area contributed by atoms with Crippen LogP contribution in [0.5, 0.6) is 5.75 Å². The molecule has 0 aliphatic carbocycles. The van der Waals surface area contributed by atoms with Crippen molar-refractivity contribution in [2.24, 2.45) is 0 Å². The van der Waals surface area contributed by atoms with Gasteiger partial charge in [-0.15, -0.1) is 0 Å². The van der Waals surface area contributed by atoms with E-state index in [-0.39, 0.29) is 23.7 Å². The Hall–Kier alpha value is -4.46. The number of hydrogen-bond acceptors (Lipinski definition) is 6. The minimum Gasteiger partial charge on any atom is -0.497 e. The molecule has 0 fully saturated rings. The van der Waals surface area contributed by atoms with E-state index in [0.29, 0.717) is 22.7 Å². The van der Waals surface area contributed by atoms with Gasteiger partial charge in [-0.25, -0.2) is 0 Å². The number of rotatable bonds is 7. The van der Waals surface area contributed by atoms with Gasteiger partial charge in [-0.3, -0.25) is 24.3 Å². The van der Waals surface area contributed by atoms with Gasteiger partial charge in [-0.1, -0.05) is 18.2 Å². The third kappa shape index (κ3) is 4.74. The highest BCUT2D eigenvalue weighted by Crippen LogP contribution is 2.32. The molecule has 4 rings (SSSR count). The van der Waals surface area contributed by atoms with Crippen LogP contribution in [0, 0.1) is 0 Å². The molecular formula is C25H22N4O4. The van der Waals surface area contributed by atoms with Crippen LogP contribution in [0.2, 0.25) is 0 Å². The van der Waals surface area contributed by atoms with Crippen molar-refractivity contribution in [1.82, 2.24) is 9.88 Å². The molecule has 3 amide bonds. The summed E-state index contributed by atoms with van der Waals surface area (Å²) in [5.41, 5.74) is 2.99. The third-order valence-electron chi connectivity index (χ3n) is 5.09. The Morgan fingerprint density at radius 3 is 2.36 bits per heavy atom. The van der Waals surface area contributed by atoms with E-state index >= 15 is 0 Å². The second kappa shape index (κ2) is 9.35. The zero-order valence-corrected chi connectivity index (χ0v) is 18.2. The number of carbonyl (C=O) groups excluding carboxylic acids is 3. The van der Waals surface area contributed by atoms with Crippen molar-refractivity contribution in [2.45, 2.75) is 13.5 Å². The van der Waals surface area contributed by atoms with Gasteiger partial charge in [-0.05, 0) is 47.5 Å². The second-order valence-corrected chi connectivity index (χ2v) is 7.42. The van der Waals surface area contributed by atoms with Gasteiger partial charge >= 0.3 is 0 Å². The first-order chi connectivity index (χ1) is 16.0. The van der Waals surface area contributed by atoms with Gasteiger partial charge < -0.3 is 15.4 Å². The number of nitrogens with zero attached hydrogens (tertiary/aromatic N) is 2. The number of ether oxygens (including phenoxy) is 1. The standard InChI is InChI=1S/C25H22N4O4/c1-16(30)27-19-8-6-18(7-9-19)22-23(28-20-4-3-5-21(14-20)33-2)25(32)29(24(22)31)15-17-10-12-26-13-11-17/h3-14,28H,15H2,1-2H3,(H,27,30). The van der Waals surface area contributed by atoms with Crippen LogP contribution in [-0.4, -0.2) is 34.7 Å². The minimum atomic E-state index is -0.430. The molecule has 0 spiro atoms. The zero-order valence-electron chi connectivity index (χ0n) is 18.2. The van der Waals surface area contributed by atoms with Gasteiger partial charge in [0.25, 0.3) is 11.8 Å². The Morgan fingerprint density at radius 2 is 1.70 bits per heavy atom. The summed E-state index contributed by atoms with van der Waals surface area (Å²) in [6, 6.07) is 17.4. The second-order valence-electron chi connectivity index (χ2n) is 7.42. The van der Waals surface area contributed by atoms with Crippen LogP contribution in [0.3, 0.4) is 0 Å². The highest BCUT2D eigenvalue weighted by atomic mass is 16.5. The SMILES string of the molecule is COc1cccc(NC2=C(c3ccc(NC(C)=O)cc3)C(=O)N(Cc3ccncc3)C2=O)c1. The Bertz CT molecular complexity index is 1240. The van der Waals surface area contributed by atoms with E-state index in [0.717, 1.165) is 5.56 Å². The molecule has 0 bridgehead atoms. The number of anilines is 2. The summed E-state index contributed by atoms with van der Waals surface area (Å²) in [4.78, 5) is 43.3. The number of nitrogens with one attached hydrogen (secondary N) is 2. The van der Waals surface area contributed by atoms with Crippen molar-refractivity contribution < 1.29 is 19.1 Å². The molecule has 3 aromatic rings. The fourth-order valence-electron chi connectivity index (χ4n) is 3.54. The maximum atomic E-state index is 13.4. The summed E-state index contributed by atoms with van der Waals surface area (Å²) in [5, 5.41) is 5.81. The van der Waals surface area contributed by atoms with Crippen LogP contribution in [0.4, 0.5) is 11.4 Å². The molecule has 8 heteroatoms. The summed E-state index contributed by atoms with van der Waals surface area (Å²) in [6.45, 7) is 1.54. The number of methoxy groups -OCH3 is 1. The van der Waals surface area contributed by atoms with E-state index in [1.807, 2.05) is 0 Å². The molecule has 0 atom stereocenters. The van der Waals surface area contributed by atoms with Crippen LogP contribution in [0.15, 0.2) is 78.8 Å². The molecule has 166 valence electrons. The Morgan fingerprint density at radius 1 is 0.970 bits per heavy atom. The van der Waals surface area contributed by atoms with E-state index < -0.39 is 11.8 Å². The molecule has 0 saturated heterocycles. The lowest BCUT2D eigenvalue weighted by molar-refractivity contribution is -0.137. The molecule has 0 saturated carbocycles. The molecule has 2 aromatic carbocycles. The van der Waals surface area contributed by atoms with Gasteiger partial charge in [0.2, 0.25) is 5.91 Å². The molecule has 1 aliphatic heterocycles. The van der Waals surface area contributed by atoms with Gasteiger partial charge in [0.15, 0.2) is 0 Å². The predicted octanol–water partition coefficient (Wildman–Crippen LogP) is 3.44. The number of pyridine rings is 1. The molecular weight excluding hydrogens is 420 g/mol. The first-order valence-electron chi connectivity index (χ1n) is 10.2. The molecule has 1 aliphatic rings. The van der Waals surface area contributed by atoms with E-state index in [2.05, 4.69) is 15.6 Å². The van der Waals surface area contributed by atoms with Crippen LogP contribution >= 0.6 is 0 Å². The van der Waals surface area contributed by atoms with Crippen molar-refractivity contribution >= 4 is 34.7 Å². The lowest BCUT2D eigenvalue weighted by atomic mass is 10.0. The van der Waals surface area contributed by atoms with Gasteiger partial charge in [-0.2, -0.15) is 0 Å². The summed E-state index contributed by atoms with van der Waals surface area (Å²) >= 11 is 0. The van der Waals surface area contributed by atoms with Crippen molar-refractivity contribution in [3.8, 4) is 5.75 Å². The molecule has 2 heterocycles. The van der Waals surface area contributed by atoms with Crippen LogP contribution < -0.4 is 15.4 Å². The lowest BCUT2D eigenvalue weighted by Crippen LogP contribution is -2.32. The largest absolute Gasteiger partial charge is 0.497 e. The number of aromatic nitrogens is 1. The molecule has 8 nitrogen and oxygen atoms in total. The van der Waals surface area contributed by atoms with Crippen molar-refractivity contribution in [3.63, 3.8) is 0 Å². The molecule has 1 aromatic heterocycles. The number of amides is 3. The quantitative estimate of drug-likeness (QED) is 0.544. The number of hydrogen-bond donors (Lipinski definition) is 2. The van der Waals surface area contributed by atoms with Crippen LogP contribution in [0.1, 0.15) is 18.1 Å². The minimum absolute atomic E-state index is 0.122. The predicted molar refractivity (Wildman–Crippen MR) is 124 cm³/mol. The van der Waals surface area contributed by atoms with Crippen LogP contribution in [0.25, 0.3) is 5.57 Å². The first kappa shape index (κ1) is 21.8. The number of carbonyl (C=O) groups is 3. The van der Waals surface area contributed by atoms with Crippen molar-refractivity contribution in [2.75, 3.05) is 17.7 Å². The van der Waals surface area contributed by atoms with Crippen molar-refractivity contribution in [3.05, 3.63) is 89.9 Å². The number of benzene rings is 2. The normalized spacial score (nSPS) is 13.3. The molecule has 0 unspecified atom stereocenters. The molecule has 0 radical (unpaired) electrons. The Kier molecular flexibility index (Phi) is 6.17. The average Bonchev–Trinajstić information content (AvgIpc) is 3.04. The van der Waals surface area contributed by atoms with E-state index in [4.69, 9.17) is 4.74 Å². The zero-order chi connectivity index (χ0) is 23.4. The topological polar surface area (TPSA) is 101 Å². The Balaban J connectivity index is 1.72. The average molecular weight is 442 g/mol. The summed E-state index contributed by atoms with van der Waals surface area (Å²) in [5.74, 6) is -0.416. The Labute approximate surface area is 190 Å². The van der Waals surface area contributed by atoms with Crippen LogP contribution in [-0.2, 0) is 20.9 Å². The summed E-state index contributed by atoms with van der Waals surface area (Å²) in [6.07, 6.45) is 3.23. The lowest BCUT2D eigenvalue weighted by Gasteiger charge is -2.15. The fraction of sp³-hybridized carbons (Fsp3) is 0.120. The van der Waals surface area contributed by atoms with E-state index in [1.54, 1.807) is 80.2 Å². The van der Waals surface area contributed by atoms with E-state index in [1.165, 1.54) is 11.8 Å². The highest BCUT2D eigenvalue weighted by molar-refractivity contribution is 6.36. The number of imide groups is 1. The monoisotopic (exact) mass is 442 g/mol. The highest BCUT2D eigenvalue weighted by Gasteiger charge is 2.39.